The van der Waals surface area contributed by atoms with Crippen LogP contribution in [-0.4, -0.2) is 39.3 Å². The van der Waals surface area contributed by atoms with E-state index >= 15 is 0 Å². The van der Waals surface area contributed by atoms with E-state index in [-0.39, 0.29) is 17.8 Å². The number of aliphatic hydroxyl groups excluding tert-OH is 1. The highest BCUT2D eigenvalue weighted by atomic mass is 79.9. The van der Waals surface area contributed by atoms with Crippen molar-refractivity contribution in [3.8, 4) is 0 Å². The van der Waals surface area contributed by atoms with E-state index in [1.807, 2.05) is 43.3 Å². The summed E-state index contributed by atoms with van der Waals surface area (Å²) in [6, 6.07) is 13.7. The topological polar surface area (TPSA) is 94.9 Å². The van der Waals surface area contributed by atoms with Crippen molar-refractivity contribution in [2.75, 3.05) is 6.54 Å². The number of hydrogen-bond donors (Lipinski definition) is 2. The van der Waals surface area contributed by atoms with Crippen LogP contribution in [0.4, 0.5) is 0 Å². The van der Waals surface area contributed by atoms with E-state index in [4.69, 9.17) is 5.11 Å². The van der Waals surface area contributed by atoms with E-state index in [0.29, 0.717) is 31.4 Å². The molecule has 6 nitrogen and oxygen atoms in total. The summed E-state index contributed by atoms with van der Waals surface area (Å²) in [5.74, 6) is -2.41. The molecule has 0 saturated carbocycles. The Kier molecular flexibility index (Phi) is 7.28. The monoisotopic (exact) mass is 485 g/mol. The number of nitrogens with zero attached hydrogens (tertiary/aromatic N) is 1. The van der Waals surface area contributed by atoms with Crippen LogP contribution in [0, 0.1) is 6.92 Å². The molecule has 1 saturated heterocycles. The number of rotatable bonds is 8. The van der Waals surface area contributed by atoms with E-state index in [9.17, 15) is 19.5 Å². The van der Waals surface area contributed by atoms with Gasteiger partial charge in [-0.15, -0.1) is 0 Å². The predicted molar refractivity (Wildman–Crippen MR) is 120 cm³/mol. The molecule has 1 unspecified atom stereocenters. The minimum Gasteiger partial charge on any atom is -0.507 e. The molecule has 2 N–H and O–H groups in total. The Labute approximate surface area is 189 Å². The van der Waals surface area contributed by atoms with E-state index in [1.54, 1.807) is 12.1 Å². The van der Waals surface area contributed by atoms with Crippen molar-refractivity contribution in [3.63, 3.8) is 0 Å². The first-order valence-electron chi connectivity index (χ1n) is 10.1. The number of aliphatic carboxylic acids is 1. The molecule has 2 aromatic carbocycles. The molecular formula is C24H24BrNO5. The van der Waals surface area contributed by atoms with Gasteiger partial charge in [-0.25, -0.2) is 0 Å². The van der Waals surface area contributed by atoms with E-state index < -0.39 is 23.7 Å². The molecule has 1 aliphatic rings. The van der Waals surface area contributed by atoms with Gasteiger partial charge in [0.05, 0.1) is 11.6 Å². The Morgan fingerprint density at radius 2 is 1.61 bits per heavy atom. The maximum Gasteiger partial charge on any atom is 0.303 e. The van der Waals surface area contributed by atoms with Gasteiger partial charge in [0.25, 0.3) is 11.7 Å². The molecular weight excluding hydrogens is 462 g/mol. The number of aryl methyl sites for hydroxylation is 1. The highest BCUT2D eigenvalue weighted by Gasteiger charge is 2.45. The zero-order valence-electron chi connectivity index (χ0n) is 17.2. The smallest absolute Gasteiger partial charge is 0.303 e. The summed E-state index contributed by atoms with van der Waals surface area (Å²) < 4.78 is 0.861. The standard InChI is InChI=1S/C24H24BrNO5/c1-15-6-8-17(9-7-15)22(29)20-21(16-10-12-18(25)13-11-16)26(24(31)23(20)30)14-4-2-3-5-19(27)28/h6-13,21,29H,2-5,14H2,1H3,(H,27,28). The first-order valence-corrected chi connectivity index (χ1v) is 10.9. The van der Waals surface area contributed by atoms with E-state index in [1.165, 1.54) is 4.90 Å². The molecule has 0 spiro atoms. The maximum absolute atomic E-state index is 12.9. The van der Waals surface area contributed by atoms with Gasteiger partial charge in [-0.1, -0.05) is 64.3 Å². The summed E-state index contributed by atoms with van der Waals surface area (Å²) in [5.41, 5.74) is 2.29. The van der Waals surface area contributed by atoms with Crippen molar-refractivity contribution in [3.05, 3.63) is 75.3 Å². The number of carbonyl (C=O) groups excluding carboxylic acids is 2. The van der Waals surface area contributed by atoms with Gasteiger partial charge in [0.15, 0.2) is 0 Å². The summed E-state index contributed by atoms with van der Waals surface area (Å²) >= 11 is 3.39. The number of likely N-dealkylation sites (tertiary alicyclic amines) is 1. The van der Waals surface area contributed by atoms with E-state index in [0.717, 1.165) is 15.6 Å². The largest absolute Gasteiger partial charge is 0.507 e. The van der Waals surface area contributed by atoms with Crippen LogP contribution >= 0.6 is 15.9 Å². The van der Waals surface area contributed by atoms with Gasteiger partial charge in [0.1, 0.15) is 5.76 Å². The number of amides is 1. The molecule has 0 aromatic heterocycles. The minimum absolute atomic E-state index is 0.0710. The average molecular weight is 486 g/mol. The van der Waals surface area contributed by atoms with Gasteiger partial charge in [-0.3, -0.25) is 14.4 Å². The van der Waals surface area contributed by atoms with Crippen LogP contribution in [0.25, 0.3) is 5.76 Å². The third-order valence-electron chi connectivity index (χ3n) is 5.34. The highest BCUT2D eigenvalue weighted by molar-refractivity contribution is 9.10. The van der Waals surface area contributed by atoms with Gasteiger partial charge in [0, 0.05) is 23.0 Å². The zero-order valence-corrected chi connectivity index (χ0v) is 18.8. The normalized spacial score (nSPS) is 17.9. The molecule has 0 radical (unpaired) electrons. The average Bonchev–Trinajstić information content (AvgIpc) is 2.99. The Morgan fingerprint density at radius 1 is 0.968 bits per heavy atom. The fourth-order valence-electron chi connectivity index (χ4n) is 3.70. The van der Waals surface area contributed by atoms with Crippen molar-refractivity contribution in [1.82, 2.24) is 4.90 Å². The maximum atomic E-state index is 12.9. The lowest BCUT2D eigenvalue weighted by molar-refractivity contribution is -0.140. The summed E-state index contributed by atoms with van der Waals surface area (Å²) in [6.45, 7) is 2.23. The lowest BCUT2D eigenvalue weighted by Gasteiger charge is -2.25. The quantitative estimate of drug-likeness (QED) is 0.241. The fourth-order valence-corrected chi connectivity index (χ4v) is 3.97. The minimum atomic E-state index is -0.853. The van der Waals surface area contributed by atoms with Gasteiger partial charge >= 0.3 is 5.97 Å². The van der Waals surface area contributed by atoms with Gasteiger partial charge in [-0.2, -0.15) is 0 Å². The fraction of sp³-hybridized carbons (Fsp3) is 0.292. The molecule has 1 amide bonds. The summed E-state index contributed by atoms with van der Waals surface area (Å²) in [7, 11) is 0. The number of unbranched alkanes of at least 4 members (excludes halogenated alkanes) is 2. The highest BCUT2D eigenvalue weighted by Crippen LogP contribution is 2.39. The van der Waals surface area contributed by atoms with Crippen LogP contribution < -0.4 is 0 Å². The Bertz CT molecular complexity index is 1010. The Balaban J connectivity index is 1.96. The van der Waals surface area contributed by atoms with Crippen LogP contribution in [0.5, 0.6) is 0 Å². The van der Waals surface area contributed by atoms with Crippen LogP contribution in [-0.2, 0) is 14.4 Å². The number of carboxylic acid groups (broad SMARTS) is 1. The zero-order chi connectivity index (χ0) is 22.5. The van der Waals surface area contributed by atoms with Gasteiger partial charge in [0.2, 0.25) is 0 Å². The van der Waals surface area contributed by atoms with E-state index in [2.05, 4.69) is 15.9 Å². The molecule has 3 rings (SSSR count). The number of Topliss-reactive ketones (excluding diaryl/α,β-unsaturated/α-hetero) is 1. The summed E-state index contributed by atoms with van der Waals surface area (Å²) in [6.07, 6.45) is 1.77. The predicted octanol–water partition coefficient (Wildman–Crippen LogP) is 4.82. The van der Waals surface area contributed by atoms with Crippen LogP contribution in [0.3, 0.4) is 0 Å². The molecule has 0 bridgehead atoms. The van der Waals surface area contributed by atoms with Gasteiger partial charge < -0.3 is 15.1 Å². The van der Waals surface area contributed by atoms with Gasteiger partial charge in [-0.05, 0) is 37.5 Å². The van der Waals surface area contributed by atoms with Crippen molar-refractivity contribution >= 4 is 39.3 Å². The number of benzene rings is 2. The second kappa shape index (κ2) is 9.92. The third-order valence-corrected chi connectivity index (χ3v) is 5.87. The number of halogens is 1. The SMILES string of the molecule is Cc1ccc(C(O)=C2C(=O)C(=O)N(CCCCCC(=O)O)C2c2ccc(Br)cc2)cc1. The number of carbonyl (C=O) groups is 3. The van der Waals surface area contributed by atoms with Crippen molar-refractivity contribution in [2.45, 2.75) is 38.6 Å². The first kappa shape index (κ1) is 22.7. The van der Waals surface area contributed by atoms with Crippen LogP contribution in [0.1, 0.15) is 48.4 Å². The Hall–Kier alpha value is -2.93. The molecule has 0 aliphatic carbocycles. The molecule has 31 heavy (non-hydrogen) atoms. The summed E-state index contributed by atoms with van der Waals surface area (Å²) in [4.78, 5) is 38.0. The van der Waals surface area contributed by atoms with Crippen molar-refractivity contribution in [2.24, 2.45) is 0 Å². The van der Waals surface area contributed by atoms with Crippen molar-refractivity contribution in [1.29, 1.82) is 0 Å². The first-order chi connectivity index (χ1) is 14.8. The molecule has 1 atom stereocenters. The number of hydrogen-bond acceptors (Lipinski definition) is 4. The number of carboxylic acids is 1. The second-order valence-electron chi connectivity index (χ2n) is 7.61. The Morgan fingerprint density at radius 3 is 2.23 bits per heavy atom. The second-order valence-corrected chi connectivity index (χ2v) is 8.53. The molecule has 162 valence electrons. The number of ketones is 1. The van der Waals surface area contributed by atoms with Crippen molar-refractivity contribution < 1.29 is 24.6 Å². The molecule has 1 fully saturated rings. The summed E-state index contributed by atoms with van der Waals surface area (Å²) in [5, 5.41) is 19.8. The third kappa shape index (κ3) is 5.22. The molecule has 2 aromatic rings. The lowest BCUT2D eigenvalue weighted by atomic mass is 9.95. The molecule has 1 aliphatic heterocycles. The van der Waals surface area contributed by atoms with Crippen LogP contribution in [0.15, 0.2) is 58.6 Å². The number of aliphatic hydroxyl groups is 1. The molecule has 1 heterocycles. The lowest BCUT2D eigenvalue weighted by Crippen LogP contribution is -2.30. The molecule has 7 heteroatoms. The van der Waals surface area contributed by atoms with Crippen LogP contribution in [0.2, 0.25) is 0 Å².